The molecule has 6 heteroatoms. The number of carbonyl (C=O) groups is 2. The van der Waals surface area contributed by atoms with E-state index in [1.807, 2.05) is 82.3 Å². The second kappa shape index (κ2) is 13.1. The highest BCUT2D eigenvalue weighted by molar-refractivity contribution is 6.31. The molecule has 36 heavy (non-hydrogen) atoms. The van der Waals surface area contributed by atoms with Crippen molar-refractivity contribution in [2.45, 2.75) is 46.7 Å². The maximum atomic E-state index is 13.6. The van der Waals surface area contributed by atoms with Crippen molar-refractivity contribution in [3.8, 4) is 5.75 Å². The van der Waals surface area contributed by atoms with Gasteiger partial charge < -0.3 is 15.0 Å². The number of hydrogen-bond acceptors (Lipinski definition) is 3. The monoisotopic (exact) mass is 506 g/mol. The first kappa shape index (κ1) is 27.3. The molecule has 0 aromatic heterocycles. The van der Waals surface area contributed by atoms with Crippen LogP contribution in [0.15, 0.2) is 72.8 Å². The van der Waals surface area contributed by atoms with Crippen LogP contribution in [0.4, 0.5) is 0 Å². The summed E-state index contributed by atoms with van der Waals surface area (Å²) in [5, 5.41) is 3.67. The minimum absolute atomic E-state index is 0.171. The van der Waals surface area contributed by atoms with Crippen LogP contribution < -0.4 is 10.1 Å². The van der Waals surface area contributed by atoms with E-state index in [0.717, 1.165) is 22.3 Å². The topological polar surface area (TPSA) is 58.6 Å². The van der Waals surface area contributed by atoms with Crippen molar-refractivity contribution >= 4 is 23.4 Å². The van der Waals surface area contributed by atoms with Crippen LogP contribution in [0.2, 0.25) is 5.02 Å². The SMILES string of the molecule is Cc1ccc(CN(C(=O)COc2ccc(Cl)c(C)c2)[C@@H](Cc2ccccc2)C(=O)NCC(C)C)cc1. The normalized spacial score (nSPS) is 11.7. The molecule has 3 aromatic rings. The van der Waals surface area contributed by atoms with E-state index in [4.69, 9.17) is 16.3 Å². The molecule has 2 amide bonds. The Balaban J connectivity index is 1.89. The van der Waals surface area contributed by atoms with Crippen LogP contribution in [0.25, 0.3) is 0 Å². The zero-order chi connectivity index (χ0) is 26.1. The Morgan fingerprint density at radius 2 is 1.64 bits per heavy atom. The summed E-state index contributed by atoms with van der Waals surface area (Å²) in [5.74, 6) is 0.424. The van der Waals surface area contributed by atoms with Crippen LogP contribution in [0, 0.1) is 19.8 Å². The Morgan fingerprint density at radius 3 is 2.28 bits per heavy atom. The highest BCUT2D eigenvalue weighted by Gasteiger charge is 2.30. The quantitative estimate of drug-likeness (QED) is 0.360. The van der Waals surface area contributed by atoms with E-state index < -0.39 is 6.04 Å². The smallest absolute Gasteiger partial charge is 0.261 e. The zero-order valence-corrected chi connectivity index (χ0v) is 22.2. The third-order valence-corrected chi connectivity index (χ3v) is 6.34. The van der Waals surface area contributed by atoms with Gasteiger partial charge in [-0.05, 0) is 54.7 Å². The van der Waals surface area contributed by atoms with Gasteiger partial charge in [0.2, 0.25) is 5.91 Å². The van der Waals surface area contributed by atoms with E-state index in [1.54, 1.807) is 23.1 Å². The van der Waals surface area contributed by atoms with Gasteiger partial charge in [0.15, 0.2) is 6.61 Å². The lowest BCUT2D eigenvalue weighted by atomic mass is 10.0. The summed E-state index contributed by atoms with van der Waals surface area (Å²) in [6, 6.07) is 22.4. The van der Waals surface area contributed by atoms with Gasteiger partial charge in [-0.25, -0.2) is 0 Å². The average molecular weight is 507 g/mol. The summed E-state index contributed by atoms with van der Waals surface area (Å²) in [4.78, 5) is 28.7. The molecule has 0 aliphatic heterocycles. The van der Waals surface area contributed by atoms with Gasteiger partial charge in [-0.15, -0.1) is 0 Å². The van der Waals surface area contributed by atoms with Crippen molar-refractivity contribution < 1.29 is 14.3 Å². The van der Waals surface area contributed by atoms with Gasteiger partial charge in [-0.3, -0.25) is 9.59 Å². The third kappa shape index (κ3) is 8.13. The molecule has 0 aliphatic rings. The molecule has 0 heterocycles. The second-order valence-corrected chi connectivity index (χ2v) is 9.96. The third-order valence-electron chi connectivity index (χ3n) is 5.92. The van der Waals surface area contributed by atoms with Crippen molar-refractivity contribution in [3.63, 3.8) is 0 Å². The summed E-state index contributed by atoms with van der Waals surface area (Å²) >= 11 is 6.13. The molecule has 0 aliphatic carbocycles. The number of rotatable bonds is 11. The van der Waals surface area contributed by atoms with Gasteiger partial charge in [-0.1, -0.05) is 85.6 Å². The fourth-order valence-corrected chi connectivity index (χ4v) is 3.92. The Bertz CT molecular complexity index is 1150. The lowest BCUT2D eigenvalue weighted by Crippen LogP contribution is -2.52. The second-order valence-electron chi connectivity index (χ2n) is 9.55. The molecule has 1 atom stereocenters. The fraction of sp³-hybridized carbons (Fsp3) is 0.333. The Labute approximate surface area is 219 Å². The summed E-state index contributed by atoms with van der Waals surface area (Å²) in [6.07, 6.45) is 0.405. The summed E-state index contributed by atoms with van der Waals surface area (Å²) in [5.41, 5.74) is 3.94. The van der Waals surface area contributed by atoms with Crippen molar-refractivity contribution in [2.75, 3.05) is 13.2 Å². The van der Waals surface area contributed by atoms with Crippen molar-refractivity contribution in [3.05, 3.63) is 100 Å². The number of benzene rings is 3. The molecule has 0 bridgehead atoms. The maximum absolute atomic E-state index is 13.6. The van der Waals surface area contributed by atoms with Gasteiger partial charge in [0.1, 0.15) is 11.8 Å². The number of ether oxygens (including phenoxy) is 1. The van der Waals surface area contributed by atoms with E-state index in [2.05, 4.69) is 5.32 Å². The molecule has 5 nitrogen and oxygen atoms in total. The van der Waals surface area contributed by atoms with Crippen LogP contribution in [0.1, 0.15) is 36.1 Å². The van der Waals surface area contributed by atoms with Gasteiger partial charge in [0.25, 0.3) is 5.91 Å². The largest absolute Gasteiger partial charge is 0.484 e. The molecule has 3 aromatic carbocycles. The molecular formula is C30H35ClN2O3. The predicted octanol–water partition coefficient (Wildman–Crippen LogP) is 5.75. The number of amides is 2. The summed E-state index contributed by atoms with van der Waals surface area (Å²) in [7, 11) is 0. The van der Waals surface area contributed by atoms with Gasteiger partial charge in [-0.2, -0.15) is 0 Å². The van der Waals surface area contributed by atoms with Crippen LogP contribution in [-0.4, -0.2) is 35.9 Å². The first-order chi connectivity index (χ1) is 17.2. The number of aryl methyl sites for hydroxylation is 2. The number of halogens is 1. The van der Waals surface area contributed by atoms with Crippen LogP contribution in [-0.2, 0) is 22.6 Å². The number of carbonyl (C=O) groups excluding carboxylic acids is 2. The molecule has 190 valence electrons. The maximum Gasteiger partial charge on any atom is 0.261 e. The summed E-state index contributed by atoms with van der Waals surface area (Å²) in [6.45, 7) is 8.65. The standard InChI is InChI=1S/C30H35ClN2O3/c1-21(2)18-32-30(35)28(17-24-8-6-5-7-9-24)33(19-25-12-10-22(3)11-13-25)29(34)20-36-26-14-15-27(31)23(4)16-26/h5-16,21,28H,17-20H2,1-4H3,(H,32,35)/t28-/m0/s1. The van der Waals surface area contributed by atoms with E-state index in [-0.39, 0.29) is 18.4 Å². The molecule has 0 saturated carbocycles. The number of hydrogen-bond donors (Lipinski definition) is 1. The molecule has 1 N–H and O–H groups in total. The highest BCUT2D eigenvalue weighted by atomic mass is 35.5. The van der Waals surface area contributed by atoms with Crippen molar-refractivity contribution in [2.24, 2.45) is 5.92 Å². The molecule has 0 saturated heterocycles. The van der Waals surface area contributed by atoms with Crippen LogP contribution >= 0.6 is 11.6 Å². The van der Waals surface area contributed by atoms with Gasteiger partial charge in [0, 0.05) is 24.5 Å². The minimum atomic E-state index is -0.685. The van der Waals surface area contributed by atoms with Gasteiger partial charge in [0.05, 0.1) is 0 Å². The molecule has 3 rings (SSSR count). The number of nitrogens with zero attached hydrogens (tertiary/aromatic N) is 1. The molecule has 0 radical (unpaired) electrons. The van der Waals surface area contributed by atoms with Crippen molar-refractivity contribution in [1.29, 1.82) is 0 Å². The van der Waals surface area contributed by atoms with Gasteiger partial charge >= 0.3 is 0 Å². The fourth-order valence-electron chi connectivity index (χ4n) is 3.80. The predicted molar refractivity (Wildman–Crippen MR) is 145 cm³/mol. The van der Waals surface area contributed by atoms with Crippen molar-refractivity contribution in [1.82, 2.24) is 10.2 Å². The van der Waals surface area contributed by atoms with E-state index >= 15 is 0 Å². The molecule has 0 unspecified atom stereocenters. The van der Waals surface area contributed by atoms with E-state index in [9.17, 15) is 9.59 Å². The minimum Gasteiger partial charge on any atom is -0.484 e. The van der Waals surface area contributed by atoms with E-state index in [0.29, 0.717) is 36.2 Å². The average Bonchev–Trinajstić information content (AvgIpc) is 2.87. The van der Waals surface area contributed by atoms with E-state index in [1.165, 1.54) is 0 Å². The first-order valence-corrected chi connectivity index (χ1v) is 12.7. The van der Waals surface area contributed by atoms with Crippen LogP contribution in [0.5, 0.6) is 5.75 Å². The Morgan fingerprint density at radius 1 is 0.944 bits per heavy atom. The molecule has 0 spiro atoms. The number of nitrogens with one attached hydrogen (secondary N) is 1. The molecule has 0 fully saturated rings. The molecular weight excluding hydrogens is 472 g/mol. The first-order valence-electron chi connectivity index (χ1n) is 12.3. The lowest BCUT2D eigenvalue weighted by molar-refractivity contribution is -0.142. The van der Waals surface area contributed by atoms with Crippen LogP contribution in [0.3, 0.4) is 0 Å². The summed E-state index contributed by atoms with van der Waals surface area (Å²) < 4.78 is 5.84. The Kier molecular flexibility index (Phi) is 9.95. The lowest BCUT2D eigenvalue weighted by Gasteiger charge is -2.31. The highest BCUT2D eigenvalue weighted by Crippen LogP contribution is 2.22. The zero-order valence-electron chi connectivity index (χ0n) is 21.5. The Hall–Kier alpha value is -3.31.